The lowest BCUT2D eigenvalue weighted by atomic mass is 10.0. The number of hydrogen-bond donors (Lipinski definition) is 1. The molecule has 0 aliphatic carbocycles. The number of benzene rings is 3. The highest BCUT2D eigenvalue weighted by atomic mass is 19.2. The molecule has 168 valence electrons. The van der Waals surface area contributed by atoms with Gasteiger partial charge in [-0.15, -0.1) is 0 Å². The van der Waals surface area contributed by atoms with E-state index in [2.05, 4.69) is 5.32 Å². The number of nitrogens with zero attached hydrogens (tertiary/aromatic N) is 1. The van der Waals surface area contributed by atoms with Crippen LogP contribution < -0.4 is 10.1 Å². The van der Waals surface area contributed by atoms with Gasteiger partial charge in [-0.1, -0.05) is 36.4 Å². The van der Waals surface area contributed by atoms with Gasteiger partial charge in [-0.3, -0.25) is 14.5 Å². The summed E-state index contributed by atoms with van der Waals surface area (Å²) in [4.78, 5) is 27.5. The molecule has 3 aromatic carbocycles. The molecule has 0 aromatic heterocycles. The molecule has 0 radical (unpaired) electrons. The van der Waals surface area contributed by atoms with Crippen LogP contribution in [0, 0.1) is 25.5 Å². The maximum absolute atomic E-state index is 13.7. The normalized spacial score (nSPS) is 13.6. The number of carbonyl (C=O) groups is 2. The van der Waals surface area contributed by atoms with Gasteiger partial charge in [0.15, 0.2) is 11.6 Å². The van der Waals surface area contributed by atoms with Gasteiger partial charge in [0.1, 0.15) is 18.1 Å². The molecule has 0 saturated carbocycles. The Morgan fingerprint density at radius 3 is 2.21 bits per heavy atom. The number of halogens is 2. The van der Waals surface area contributed by atoms with Crippen molar-refractivity contribution in [3.63, 3.8) is 0 Å². The Kier molecular flexibility index (Phi) is 6.22. The quantitative estimate of drug-likeness (QED) is 0.525. The van der Waals surface area contributed by atoms with Gasteiger partial charge < -0.3 is 10.1 Å². The highest BCUT2D eigenvalue weighted by molar-refractivity contribution is 6.36. The van der Waals surface area contributed by atoms with E-state index >= 15 is 0 Å². The zero-order valence-corrected chi connectivity index (χ0v) is 18.2. The van der Waals surface area contributed by atoms with E-state index in [9.17, 15) is 18.4 Å². The molecule has 7 heteroatoms. The topological polar surface area (TPSA) is 58.6 Å². The summed E-state index contributed by atoms with van der Waals surface area (Å²) in [6, 6.07) is 17.7. The van der Waals surface area contributed by atoms with Crippen LogP contribution in [0.15, 0.2) is 72.4 Å². The SMILES string of the molecule is Cc1cc(C)cc(OCCN2C(=O)C(Nc3ccc(F)c(F)c3)=C(c3ccccc3)C2=O)c1. The summed E-state index contributed by atoms with van der Waals surface area (Å²) in [7, 11) is 0. The van der Waals surface area contributed by atoms with E-state index in [1.165, 1.54) is 6.07 Å². The Morgan fingerprint density at radius 2 is 1.55 bits per heavy atom. The Bertz CT molecular complexity index is 1240. The molecular formula is C26H22F2N2O3. The number of ether oxygens (including phenoxy) is 1. The third-order valence-corrected chi connectivity index (χ3v) is 5.20. The third-order valence-electron chi connectivity index (χ3n) is 5.20. The van der Waals surface area contributed by atoms with E-state index in [1.54, 1.807) is 30.3 Å². The predicted molar refractivity (Wildman–Crippen MR) is 121 cm³/mol. The van der Waals surface area contributed by atoms with Crippen molar-refractivity contribution in [3.8, 4) is 5.75 Å². The van der Waals surface area contributed by atoms with E-state index < -0.39 is 23.4 Å². The smallest absolute Gasteiger partial charge is 0.278 e. The van der Waals surface area contributed by atoms with Crippen LogP contribution in [-0.2, 0) is 9.59 Å². The fourth-order valence-corrected chi connectivity index (χ4v) is 3.76. The Hall–Kier alpha value is -4.00. The zero-order chi connectivity index (χ0) is 23.5. The standard InChI is InChI=1S/C26H22F2N2O3/c1-16-12-17(2)14-20(13-16)33-11-10-30-25(31)23(18-6-4-3-5-7-18)24(26(30)32)29-19-8-9-21(27)22(28)15-19/h3-9,12-15,29H,10-11H2,1-2H3. The lowest BCUT2D eigenvalue weighted by Gasteiger charge is -2.16. The summed E-state index contributed by atoms with van der Waals surface area (Å²) in [6.45, 7) is 4.06. The molecule has 1 aliphatic heterocycles. The van der Waals surface area contributed by atoms with Crippen molar-refractivity contribution >= 4 is 23.1 Å². The number of carbonyl (C=O) groups excluding carboxylic acids is 2. The lowest BCUT2D eigenvalue weighted by Crippen LogP contribution is -2.36. The van der Waals surface area contributed by atoms with Crippen LogP contribution in [0.25, 0.3) is 5.57 Å². The second-order valence-corrected chi connectivity index (χ2v) is 7.80. The van der Waals surface area contributed by atoms with Crippen LogP contribution in [0.3, 0.4) is 0 Å². The van der Waals surface area contributed by atoms with Crippen LogP contribution in [0.4, 0.5) is 14.5 Å². The van der Waals surface area contributed by atoms with Gasteiger partial charge in [-0.25, -0.2) is 8.78 Å². The van der Waals surface area contributed by atoms with Crippen molar-refractivity contribution in [1.29, 1.82) is 0 Å². The van der Waals surface area contributed by atoms with Gasteiger partial charge >= 0.3 is 0 Å². The van der Waals surface area contributed by atoms with Crippen molar-refractivity contribution in [2.45, 2.75) is 13.8 Å². The van der Waals surface area contributed by atoms with Crippen molar-refractivity contribution in [3.05, 3.63) is 101 Å². The molecule has 5 nitrogen and oxygen atoms in total. The predicted octanol–water partition coefficient (Wildman–Crippen LogP) is 4.85. The van der Waals surface area contributed by atoms with E-state index in [0.29, 0.717) is 11.3 Å². The Labute approximate surface area is 190 Å². The number of hydrogen-bond acceptors (Lipinski definition) is 4. The lowest BCUT2D eigenvalue weighted by molar-refractivity contribution is -0.137. The first kappa shape index (κ1) is 22.2. The van der Waals surface area contributed by atoms with E-state index in [4.69, 9.17) is 4.74 Å². The van der Waals surface area contributed by atoms with Gasteiger partial charge in [0.05, 0.1) is 12.1 Å². The van der Waals surface area contributed by atoms with Gasteiger partial charge in [0, 0.05) is 11.8 Å². The second-order valence-electron chi connectivity index (χ2n) is 7.80. The summed E-state index contributed by atoms with van der Waals surface area (Å²) >= 11 is 0. The number of nitrogens with one attached hydrogen (secondary N) is 1. The fraction of sp³-hybridized carbons (Fsp3) is 0.154. The minimum Gasteiger partial charge on any atom is -0.492 e. The number of imide groups is 1. The summed E-state index contributed by atoms with van der Waals surface area (Å²) in [5.41, 5.74) is 2.96. The van der Waals surface area contributed by atoms with Crippen molar-refractivity contribution in [2.75, 3.05) is 18.5 Å². The molecule has 33 heavy (non-hydrogen) atoms. The molecule has 3 aromatic rings. The molecule has 1 heterocycles. The first-order valence-corrected chi connectivity index (χ1v) is 10.4. The first-order valence-electron chi connectivity index (χ1n) is 10.4. The largest absolute Gasteiger partial charge is 0.492 e. The average Bonchev–Trinajstić information content (AvgIpc) is 3.00. The molecule has 0 unspecified atom stereocenters. The molecule has 0 fully saturated rings. The molecule has 4 rings (SSSR count). The van der Waals surface area contributed by atoms with Gasteiger partial charge in [0.25, 0.3) is 11.8 Å². The summed E-state index contributed by atoms with van der Waals surface area (Å²) < 4.78 is 32.8. The average molecular weight is 448 g/mol. The van der Waals surface area contributed by atoms with Crippen molar-refractivity contribution in [1.82, 2.24) is 4.90 Å². The highest BCUT2D eigenvalue weighted by Gasteiger charge is 2.39. The molecule has 0 atom stereocenters. The third kappa shape index (κ3) is 4.77. The maximum Gasteiger partial charge on any atom is 0.278 e. The van der Waals surface area contributed by atoms with Crippen molar-refractivity contribution in [2.24, 2.45) is 0 Å². The molecular weight excluding hydrogens is 426 g/mol. The monoisotopic (exact) mass is 448 g/mol. The van der Waals surface area contributed by atoms with Gasteiger partial charge in [-0.2, -0.15) is 0 Å². The Balaban J connectivity index is 1.58. The second kappa shape index (κ2) is 9.24. The number of anilines is 1. The van der Waals surface area contributed by atoms with E-state index in [0.717, 1.165) is 28.2 Å². The molecule has 1 aliphatic rings. The fourth-order valence-electron chi connectivity index (χ4n) is 3.76. The van der Waals surface area contributed by atoms with Gasteiger partial charge in [-0.05, 0) is 54.8 Å². The van der Waals surface area contributed by atoms with E-state index in [-0.39, 0.29) is 30.1 Å². The summed E-state index contributed by atoms with van der Waals surface area (Å²) in [6.07, 6.45) is 0. The van der Waals surface area contributed by atoms with Crippen molar-refractivity contribution < 1.29 is 23.1 Å². The molecule has 0 bridgehead atoms. The van der Waals surface area contributed by atoms with Crippen LogP contribution in [0.1, 0.15) is 16.7 Å². The molecule has 2 amide bonds. The van der Waals surface area contributed by atoms with Crippen LogP contribution >= 0.6 is 0 Å². The molecule has 0 spiro atoms. The minimum absolute atomic E-state index is 0.00334. The van der Waals surface area contributed by atoms with E-state index in [1.807, 2.05) is 32.0 Å². The van der Waals surface area contributed by atoms with Crippen LogP contribution in [-0.4, -0.2) is 29.9 Å². The number of rotatable bonds is 7. The summed E-state index contributed by atoms with van der Waals surface area (Å²) in [5.74, 6) is -2.45. The molecule has 1 N–H and O–H groups in total. The maximum atomic E-state index is 13.7. The highest BCUT2D eigenvalue weighted by Crippen LogP contribution is 2.30. The molecule has 0 saturated heterocycles. The van der Waals surface area contributed by atoms with Crippen LogP contribution in [0.5, 0.6) is 5.75 Å². The Morgan fingerprint density at radius 1 is 0.848 bits per heavy atom. The van der Waals surface area contributed by atoms with Gasteiger partial charge in [0.2, 0.25) is 0 Å². The summed E-state index contributed by atoms with van der Waals surface area (Å²) in [5, 5.41) is 2.81. The number of aryl methyl sites for hydroxylation is 2. The van der Waals surface area contributed by atoms with Crippen LogP contribution in [0.2, 0.25) is 0 Å². The number of amides is 2. The first-order chi connectivity index (χ1) is 15.8. The minimum atomic E-state index is -1.06. The zero-order valence-electron chi connectivity index (χ0n) is 18.2.